The number of piperazine rings is 1. The molecule has 1 aromatic carbocycles. The summed E-state index contributed by atoms with van der Waals surface area (Å²) >= 11 is 0. The van der Waals surface area contributed by atoms with E-state index in [2.05, 4.69) is 39.0 Å². The van der Waals surface area contributed by atoms with E-state index in [4.69, 9.17) is 4.74 Å². The number of nitrogens with zero attached hydrogens (tertiary/aromatic N) is 3. The van der Waals surface area contributed by atoms with E-state index in [9.17, 15) is 5.11 Å². The second-order valence-electron chi connectivity index (χ2n) is 7.18. The van der Waals surface area contributed by atoms with Gasteiger partial charge in [0.1, 0.15) is 5.75 Å². The molecule has 146 valence electrons. The van der Waals surface area contributed by atoms with Gasteiger partial charge >= 0.3 is 0 Å². The molecule has 0 unspecified atom stereocenters. The summed E-state index contributed by atoms with van der Waals surface area (Å²) < 4.78 is 5.79. The second kappa shape index (κ2) is 9.83. The van der Waals surface area contributed by atoms with Crippen LogP contribution in [0.25, 0.3) is 0 Å². The summed E-state index contributed by atoms with van der Waals surface area (Å²) in [4.78, 5) is 9.57. The van der Waals surface area contributed by atoms with Crippen molar-refractivity contribution in [1.29, 1.82) is 0 Å². The van der Waals surface area contributed by atoms with Crippen molar-refractivity contribution in [2.75, 3.05) is 32.8 Å². The van der Waals surface area contributed by atoms with Crippen molar-refractivity contribution in [3.05, 3.63) is 59.4 Å². The first-order valence-electron chi connectivity index (χ1n) is 9.90. The van der Waals surface area contributed by atoms with Crippen LogP contribution in [-0.4, -0.2) is 58.8 Å². The highest BCUT2D eigenvalue weighted by Gasteiger charge is 2.27. The van der Waals surface area contributed by atoms with Crippen molar-refractivity contribution >= 4 is 0 Å². The fourth-order valence-corrected chi connectivity index (χ4v) is 3.80. The zero-order valence-corrected chi connectivity index (χ0v) is 16.5. The van der Waals surface area contributed by atoms with Crippen molar-refractivity contribution in [3.63, 3.8) is 0 Å². The number of ether oxygens (including phenoxy) is 1. The molecule has 1 aliphatic heterocycles. The third kappa shape index (κ3) is 5.51. The molecule has 2 aromatic rings. The molecule has 0 spiro atoms. The van der Waals surface area contributed by atoms with Gasteiger partial charge in [-0.1, -0.05) is 24.3 Å². The molecule has 0 amide bonds. The molecule has 0 radical (unpaired) electrons. The maximum atomic E-state index is 9.57. The predicted molar refractivity (Wildman–Crippen MR) is 108 cm³/mol. The number of hydrogen-bond donors (Lipinski definition) is 1. The Morgan fingerprint density at radius 2 is 1.96 bits per heavy atom. The van der Waals surface area contributed by atoms with Gasteiger partial charge < -0.3 is 9.84 Å². The van der Waals surface area contributed by atoms with E-state index in [1.165, 1.54) is 5.56 Å². The first kappa shape index (κ1) is 19.8. The van der Waals surface area contributed by atoms with Crippen LogP contribution >= 0.6 is 0 Å². The minimum absolute atomic E-state index is 0.213. The zero-order valence-electron chi connectivity index (χ0n) is 16.5. The first-order chi connectivity index (χ1) is 13.2. The topological polar surface area (TPSA) is 48.8 Å². The van der Waals surface area contributed by atoms with Gasteiger partial charge in [0.05, 0.1) is 12.3 Å². The van der Waals surface area contributed by atoms with Gasteiger partial charge in [-0.2, -0.15) is 0 Å². The monoisotopic (exact) mass is 369 g/mol. The predicted octanol–water partition coefficient (Wildman–Crippen LogP) is 2.86. The van der Waals surface area contributed by atoms with E-state index < -0.39 is 0 Å². The van der Waals surface area contributed by atoms with Crippen molar-refractivity contribution in [3.8, 4) is 5.75 Å². The van der Waals surface area contributed by atoms with Gasteiger partial charge in [-0.05, 0) is 38.5 Å². The molecule has 1 atom stereocenters. The summed E-state index contributed by atoms with van der Waals surface area (Å²) in [5.74, 6) is 0.967. The maximum Gasteiger partial charge on any atom is 0.123 e. The van der Waals surface area contributed by atoms with Crippen LogP contribution in [0.4, 0.5) is 0 Å². The van der Waals surface area contributed by atoms with Gasteiger partial charge in [0, 0.05) is 56.6 Å². The molecule has 1 aromatic heterocycles. The molecule has 1 aliphatic rings. The number of benzene rings is 1. The van der Waals surface area contributed by atoms with Gasteiger partial charge in [0.2, 0.25) is 0 Å². The number of aryl methyl sites for hydroxylation is 1. The average molecular weight is 370 g/mol. The van der Waals surface area contributed by atoms with E-state index >= 15 is 0 Å². The van der Waals surface area contributed by atoms with Crippen molar-refractivity contribution in [2.24, 2.45) is 0 Å². The van der Waals surface area contributed by atoms with Crippen LogP contribution in [0.5, 0.6) is 5.75 Å². The SMILES string of the molecule is CCOc1ccccc1CN1CCN(Cc2cccc(C)n2)C[C@@H]1CCO. The van der Waals surface area contributed by atoms with Crippen LogP contribution in [-0.2, 0) is 13.1 Å². The lowest BCUT2D eigenvalue weighted by atomic mass is 10.1. The van der Waals surface area contributed by atoms with Gasteiger partial charge in [-0.3, -0.25) is 14.8 Å². The molecule has 2 heterocycles. The Morgan fingerprint density at radius 1 is 1.11 bits per heavy atom. The zero-order chi connectivity index (χ0) is 19.1. The van der Waals surface area contributed by atoms with Crippen molar-refractivity contribution in [2.45, 2.75) is 39.4 Å². The molecular formula is C22H31N3O2. The summed E-state index contributed by atoms with van der Waals surface area (Å²) in [6.45, 7) is 9.61. The number of rotatable bonds is 8. The number of hydrogen-bond acceptors (Lipinski definition) is 5. The Labute approximate surface area is 162 Å². The standard InChI is InChI=1S/C22H31N3O2/c1-3-27-22-10-5-4-8-19(22)15-25-13-12-24(17-21(25)11-14-26)16-20-9-6-7-18(2)23-20/h4-10,21,26H,3,11-17H2,1-2H3/t21-/m0/s1. The van der Waals surface area contributed by atoms with Gasteiger partial charge in [-0.15, -0.1) is 0 Å². The molecule has 1 fully saturated rings. The van der Waals surface area contributed by atoms with Crippen LogP contribution in [0.3, 0.4) is 0 Å². The molecule has 1 N–H and O–H groups in total. The van der Waals surface area contributed by atoms with Gasteiger partial charge in [-0.25, -0.2) is 0 Å². The molecular weight excluding hydrogens is 338 g/mol. The van der Waals surface area contributed by atoms with E-state index in [0.29, 0.717) is 12.6 Å². The Kier molecular flexibility index (Phi) is 7.21. The first-order valence-corrected chi connectivity index (χ1v) is 9.90. The summed E-state index contributed by atoms with van der Waals surface area (Å²) in [5.41, 5.74) is 3.40. The number of pyridine rings is 1. The van der Waals surface area contributed by atoms with Gasteiger partial charge in [0.15, 0.2) is 0 Å². The highest BCUT2D eigenvalue weighted by molar-refractivity contribution is 5.33. The number of aliphatic hydroxyl groups excluding tert-OH is 1. The minimum Gasteiger partial charge on any atom is -0.494 e. The summed E-state index contributed by atoms with van der Waals surface area (Å²) in [7, 11) is 0. The Hall–Kier alpha value is -1.95. The highest BCUT2D eigenvalue weighted by atomic mass is 16.5. The summed E-state index contributed by atoms with van der Waals surface area (Å²) in [6, 6.07) is 14.8. The minimum atomic E-state index is 0.213. The van der Waals surface area contributed by atoms with Crippen LogP contribution < -0.4 is 4.74 Å². The van der Waals surface area contributed by atoms with E-state index in [-0.39, 0.29) is 6.61 Å². The fourth-order valence-electron chi connectivity index (χ4n) is 3.80. The van der Waals surface area contributed by atoms with Crippen LogP contribution in [0.1, 0.15) is 30.3 Å². The highest BCUT2D eigenvalue weighted by Crippen LogP contribution is 2.23. The summed E-state index contributed by atoms with van der Waals surface area (Å²) in [5, 5.41) is 9.57. The largest absolute Gasteiger partial charge is 0.494 e. The Morgan fingerprint density at radius 3 is 2.74 bits per heavy atom. The fraction of sp³-hybridized carbons (Fsp3) is 0.500. The smallest absolute Gasteiger partial charge is 0.123 e. The van der Waals surface area contributed by atoms with Crippen LogP contribution in [0.2, 0.25) is 0 Å². The third-order valence-corrected chi connectivity index (χ3v) is 5.13. The quantitative estimate of drug-likeness (QED) is 0.775. The number of aliphatic hydroxyl groups is 1. The third-order valence-electron chi connectivity index (χ3n) is 5.13. The van der Waals surface area contributed by atoms with E-state index in [1.807, 2.05) is 32.0 Å². The van der Waals surface area contributed by atoms with E-state index in [1.54, 1.807) is 0 Å². The normalized spacial score (nSPS) is 18.6. The molecule has 0 bridgehead atoms. The Balaban J connectivity index is 1.66. The molecule has 0 aliphatic carbocycles. The summed E-state index contributed by atoms with van der Waals surface area (Å²) in [6.07, 6.45) is 0.786. The number of aromatic nitrogens is 1. The van der Waals surface area contributed by atoms with E-state index in [0.717, 1.165) is 56.3 Å². The molecule has 3 rings (SSSR count). The molecule has 5 heteroatoms. The molecule has 1 saturated heterocycles. The lowest BCUT2D eigenvalue weighted by molar-refractivity contribution is 0.0488. The second-order valence-corrected chi connectivity index (χ2v) is 7.18. The van der Waals surface area contributed by atoms with Crippen LogP contribution in [0, 0.1) is 6.92 Å². The Bertz CT molecular complexity index is 722. The van der Waals surface area contributed by atoms with Crippen molar-refractivity contribution in [1.82, 2.24) is 14.8 Å². The number of para-hydroxylation sites is 1. The lowest BCUT2D eigenvalue weighted by Crippen LogP contribution is -2.52. The van der Waals surface area contributed by atoms with Crippen LogP contribution in [0.15, 0.2) is 42.5 Å². The maximum absolute atomic E-state index is 9.57. The molecule has 27 heavy (non-hydrogen) atoms. The molecule has 5 nitrogen and oxygen atoms in total. The van der Waals surface area contributed by atoms with Gasteiger partial charge in [0.25, 0.3) is 0 Å². The average Bonchev–Trinajstić information content (AvgIpc) is 2.66. The van der Waals surface area contributed by atoms with Crippen molar-refractivity contribution < 1.29 is 9.84 Å². The lowest BCUT2D eigenvalue weighted by Gasteiger charge is -2.41. The molecule has 0 saturated carbocycles.